The third-order valence-electron chi connectivity index (χ3n) is 5.81. The van der Waals surface area contributed by atoms with Gasteiger partial charge in [-0.3, -0.25) is 9.20 Å². The zero-order valence-corrected chi connectivity index (χ0v) is 18.5. The van der Waals surface area contributed by atoms with Crippen LogP contribution in [0, 0.1) is 5.82 Å². The fraction of sp³-hybridized carbons (Fsp3) is 0.250. The lowest BCUT2D eigenvalue weighted by Gasteiger charge is -2.36. The van der Waals surface area contributed by atoms with Crippen LogP contribution in [0.15, 0.2) is 60.1 Å². The van der Waals surface area contributed by atoms with Crippen LogP contribution in [0.3, 0.4) is 0 Å². The van der Waals surface area contributed by atoms with Crippen molar-refractivity contribution >= 4 is 27.9 Å². The van der Waals surface area contributed by atoms with E-state index in [0.29, 0.717) is 19.5 Å². The summed E-state index contributed by atoms with van der Waals surface area (Å²) in [4.78, 5) is 22.6. The van der Waals surface area contributed by atoms with Crippen molar-refractivity contribution in [2.24, 2.45) is 0 Å². The number of carbonyl (C=O) groups excluding carboxylic acids is 1. The van der Waals surface area contributed by atoms with Crippen LogP contribution in [0.4, 0.5) is 10.1 Å². The second-order valence-corrected chi connectivity index (χ2v) is 8.60. The molecule has 6 nitrogen and oxygen atoms in total. The molecule has 0 spiro atoms. The lowest BCUT2D eigenvalue weighted by atomic mass is 10.1. The largest absolute Gasteiger partial charge is 0.497 e. The highest BCUT2D eigenvalue weighted by molar-refractivity contribution is 7.15. The highest BCUT2D eigenvalue weighted by Gasteiger charge is 2.23. The summed E-state index contributed by atoms with van der Waals surface area (Å²) in [6, 6.07) is 14.3. The molecule has 32 heavy (non-hydrogen) atoms. The van der Waals surface area contributed by atoms with Gasteiger partial charge in [0.05, 0.1) is 19.2 Å². The van der Waals surface area contributed by atoms with Crippen molar-refractivity contribution in [3.8, 4) is 17.0 Å². The number of imidazole rings is 1. The number of carbonyl (C=O) groups is 1. The van der Waals surface area contributed by atoms with E-state index in [1.54, 1.807) is 19.2 Å². The summed E-state index contributed by atoms with van der Waals surface area (Å²) >= 11 is 1.54. The molecule has 1 aliphatic rings. The Hall–Kier alpha value is -3.39. The van der Waals surface area contributed by atoms with Gasteiger partial charge in [0.25, 0.3) is 0 Å². The maximum Gasteiger partial charge on any atom is 0.228 e. The Balaban J connectivity index is 1.26. The highest BCUT2D eigenvalue weighted by Crippen LogP contribution is 2.27. The molecule has 1 aliphatic heterocycles. The van der Waals surface area contributed by atoms with Crippen LogP contribution >= 0.6 is 11.3 Å². The van der Waals surface area contributed by atoms with E-state index >= 15 is 0 Å². The molecule has 0 radical (unpaired) electrons. The standard InChI is InChI=1S/C24H23FN4O2S/c1-31-21-4-2-3-17(13-21)22-15-29-20(16-32-24(29)26-22)14-23(30)28-11-9-27(10-12-28)19-7-5-18(25)6-8-19/h2-8,13,15-16H,9-12,14H2,1H3. The summed E-state index contributed by atoms with van der Waals surface area (Å²) in [5, 5.41) is 2.00. The third-order valence-corrected chi connectivity index (χ3v) is 6.69. The van der Waals surface area contributed by atoms with E-state index in [1.165, 1.54) is 23.5 Å². The Morgan fingerprint density at radius 1 is 1.12 bits per heavy atom. The Labute approximate surface area is 189 Å². The van der Waals surface area contributed by atoms with E-state index < -0.39 is 0 Å². The Morgan fingerprint density at radius 3 is 2.66 bits per heavy atom. The van der Waals surface area contributed by atoms with Crippen LogP contribution in [0.2, 0.25) is 0 Å². The molecular formula is C24H23FN4O2S. The van der Waals surface area contributed by atoms with E-state index in [4.69, 9.17) is 9.72 Å². The molecule has 4 aromatic rings. The number of halogens is 1. The number of amides is 1. The van der Waals surface area contributed by atoms with Crippen LogP contribution in [0.5, 0.6) is 5.75 Å². The summed E-state index contributed by atoms with van der Waals surface area (Å²) in [5.41, 5.74) is 3.77. The number of aromatic nitrogens is 2. The van der Waals surface area contributed by atoms with Crippen molar-refractivity contribution < 1.29 is 13.9 Å². The number of piperazine rings is 1. The Bertz CT molecular complexity index is 1240. The summed E-state index contributed by atoms with van der Waals surface area (Å²) in [5.74, 6) is 0.660. The fourth-order valence-corrected chi connectivity index (χ4v) is 4.88. The second-order valence-electron chi connectivity index (χ2n) is 7.76. The average molecular weight is 451 g/mol. The summed E-state index contributed by atoms with van der Waals surface area (Å²) in [6.07, 6.45) is 2.32. The molecular weight excluding hydrogens is 427 g/mol. The van der Waals surface area contributed by atoms with Gasteiger partial charge in [0.1, 0.15) is 11.6 Å². The van der Waals surface area contributed by atoms with Crippen molar-refractivity contribution in [2.45, 2.75) is 6.42 Å². The van der Waals surface area contributed by atoms with Gasteiger partial charge in [-0.15, -0.1) is 11.3 Å². The molecule has 5 rings (SSSR count). The van der Waals surface area contributed by atoms with E-state index in [0.717, 1.165) is 46.4 Å². The van der Waals surface area contributed by atoms with Crippen LogP contribution in [0.25, 0.3) is 16.2 Å². The molecule has 8 heteroatoms. The molecule has 2 aromatic heterocycles. The Kier molecular flexibility index (Phi) is 5.53. The van der Waals surface area contributed by atoms with E-state index in [9.17, 15) is 9.18 Å². The van der Waals surface area contributed by atoms with Crippen LogP contribution < -0.4 is 9.64 Å². The molecule has 164 valence electrons. The molecule has 0 aliphatic carbocycles. The summed E-state index contributed by atoms with van der Waals surface area (Å²) in [7, 11) is 1.65. The number of ether oxygens (including phenoxy) is 1. The first kappa shape index (κ1) is 20.5. The molecule has 0 atom stereocenters. The number of hydrogen-bond donors (Lipinski definition) is 0. The average Bonchev–Trinajstić information content (AvgIpc) is 3.42. The molecule has 0 saturated carbocycles. The molecule has 0 bridgehead atoms. The number of hydrogen-bond acceptors (Lipinski definition) is 5. The van der Waals surface area contributed by atoms with Crippen molar-refractivity contribution in [1.82, 2.24) is 14.3 Å². The van der Waals surface area contributed by atoms with E-state index in [2.05, 4.69) is 4.90 Å². The van der Waals surface area contributed by atoms with Gasteiger partial charge in [-0.1, -0.05) is 12.1 Å². The zero-order chi connectivity index (χ0) is 22.1. The van der Waals surface area contributed by atoms with Crippen LogP contribution in [-0.2, 0) is 11.2 Å². The molecule has 3 heterocycles. The number of anilines is 1. The first-order valence-corrected chi connectivity index (χ1v) is 11.4. The predicted octanol–water partition coefficient (Wildman–Crippen LogP) is 4.10. The minimum Gasteiger partial charge on any atom is -0.497 e. The number of benzene rings is 2. The normalized spacial score (nSPS) is 14.2. The van der Waals surface area contributed by atoms with Gasteiger partial charge >= 0.3 is 0 Å². The topological polar surface area (TPSA) is 50.1 Å². The smallest absolute Gasteiger partial charge is 0.228 e. The third kappa shape index (κ3) is 4.05. The molecule has 0 N–H and O–H groups in total. The SMILES string of the molecule is COc1cccc(-c2cn3c(CC(=O)N4CCN(c5ccc(F)cc5)CC4)csc3n2)c1. The number of fused-ring (bicyclic) bond motifs is 1. The van der Waals surface area contributed by atoms with Gasteiger partial charge in [0, 0.05) is 54.7 Å². The van der Waals surface area contributed by atoms with Crippen molar-refractivity contribution in [1.29, 1.82) is 0 Å². The Morgan fingerprint density at radius 2 is 1.91 bits per heavy atom. The van der Waals surface area contributed by atoms with Crippen LogP contribution in [0.1, 0.15) is 5.69 Å². The number of nitrogens with zero attached hydrogens (tertiary/aromatic N) is 4. The number of thiazole rings is 1. The minimum absolute atomic E-state index is 0.111. The lowest BCUT2D eigenvalue weighted by Crippen LogP contribution is -2.49. The quantitative estimate of drug-likeness (QED) is 0.459. The minimum atomic E-state index is -0.237. The molecule has 1 amide bonds. The van der Waals surface area contributed by atoms with E-state index in [1.807, 2.05) is 45.1 Å². The lowest BCUT2D eigenvalue weighted by molar-refractivity contribution is -0.130. The second kappa shape index (κ2) is 8.63. The number of methoxy groups -OCH3 is 1. The van der Waals surface area contributed by atoms with Gasteiger partial charge in [-0.05, 0) is 36.4 Å². The zero-order valence-electron chi connectivity index (χ0n) is 17.7. The van der Waals surface area contributed by atoms with Gasteiger partial charge in [-0.2, -0.15) is 0 Å². The highest BCUT2D eigenvalue weighted by atomic mass is 32.1. The fourth-order valence-electron chi connectivity index (χ4n) is 4.01. The van der Waals surface area contributed by atoms with Gasteiger partial charge in [0.2, 0.25) is 5.91 Å². The van der Waals surface area contributed by atoms with Crippen molar-refractivity contribution in [2.75, 3.05) is 38.2 Å². The van der Waals surface area contributed by atoms with Crippen molar-refractivity contribution in [3.05, 3.63) is 71.6 Å². The predicted molar refractivity (Wildman–Crippen MR) is 124 cm³/mol. The van der Waals surface area contributed by atoms with E-state index in [-0.39, 0.29) is 11.7 Å². The molecule has 2 aromatic carbocycles. The first-order chi connectivity index (χ1) is 15.6. The first-order valence-electron chi connectivity index (χ1n) is 10.5. The molecule has 1 fully saturated rings. The monoisotopic (exact) mass is 450 g/mol. The maximum atomic E-state index is 13.2. The maximum absolute atomic E-state index is 13.2. The summed E-state index contributed by atoms with van der Waals surface area (Å²) in [6.45, 7) is 2.79. The van der Waals surface area contributed by atoms with Crippen LogP contribution in [-0.4, -0.2) is 53.5 Å². The number of rotatable bonds is 5. The molecule has 0 unspecified atom stereocenters. The van der Waals surface area contributed by atoms with Crippen molar-refractivity contribution in [3.63, 3.8) is 0 Å². The molecule has 1 saturated heterocycles. The van der Waals surface area contributed by atoms with Gasteiger partial charge in [0.15, 0.2) is 4.96 Å². The summed E-state index contributed by atoms with van der Waals surface area (Å²) < 4.78 is 20.5. The van der Waals surface area contributed by atoms with Gasteiger partial charge in [-0.25, -0.2) is 9.37 Å². The van der Waals surface area contributed by atoms with Gasteiger partial charge < -0.3 is 14.5 Å².